The standard InChI is InChI=1S/C22H37NO3S/c23-16-7-1-2-8-17-26-18-9-6-11-20-12-10-15-22(19-20)27(24,25)21-13-4-3-5-14-21/h10,12,15,19,21H,1-9,11,13-14,16-18,23H2. The van der Waals surface area contributed by atoms with Crippen molar-refractivity contribution >= 4 is 9.84 Å². The molecule has 0 radical (unpaired) electrons. The number of hydrogen-bond acceptors (Lipinski definition) is 4. The predicted octanol–water partition coefficient (Wildman–Crippen LogP) is 4.65. The normalized spacial score (nSPS) is 15.9. The zero-order valence-electron chi connectivity index (χ0n) is 16.7. The molecule has 5 heteroatoms. The summed E-state index contributed by atoms with van der Waals surface area (Å²) < 4.78 is 31.4. The molecule has 2 N–H and O–H groups in total. The van der Waals surface area contributed by atoms with Crippen LogP contribution in [0, 0.1) is 0 Å². The molecule has 0 aliphatic heterocycles. The van der Waals surface area contributed by atoms with Gasteiger partial charge in [0.15, 0.2) is 9.84 Å². The topological polar surface area (TPSA) is 69.4 Å². The van der Waals surface area contributed by atoms with Crippen molar-refractivity contribution in [3.63, 3.8) is 0 Å². The van der Waals surface area contributed by atoms with E-state index in [9.17, 15) is 8.42 Å². The van der Waals surface area contributed by atoms with E-state index in [4.69, 9.17) is 10.5 Å². The molecule has 1 aliphatic rings. The molecule has 1 aliphatic carbocycles. The summed E-state index contributed by atoms with van der Waals surface area (Å²) in [4.78, 5) is 0.514. The summed E-state index contributed by atoms with van der Waals surface area (Å²) in [6, 6.07) is 7.59. The van der Waals surface area contributed by atoms with Gasteiger partial charge in [-0.1, -0.05) is 44.2 Å². The fourth-order valence-corrected chi connectivity index (χ4v) is 5.71. The molecule has 1 saturated carbocycles. The van der Waals surface area contributed by atoms with Gasteiger partial charge in [0, 0.05) is 13.2 Å². The Balaban J connectivity index is 1.68. The molecule has 2 rings (SSSR count). The lowest BCUT2D eigenvalue weighted by molar-refractivity contribution is 0.126. The number of nitrogens with two attached hydrogens (primary N) is 1. The van der Waals surface area contributed by atoms with Crippen LogP contribution < -0.4 is 5.73 Å². The van der Waals surface area contributed by atoms with E-state index in [1.54, 1.807) is 6.07 Å². The molecule has 0 amide bonds. The third-order valence-electron chi connectivity index (χ3n) is 5.46. The number of benzene rings is 1. The van der Waals surface area contributed by atoms with Crippen molar-refractivity contribution in [1.29, 1.82) is 0 Å². The Labute approximate surface area is 165 Å². The number of sulfone groups is 1. The number of aryl methyl sites for hydroxylation is 1. The highest BCUT2D eigenvalue weighted by molar-refractivity contribution is 7.92. The second-order valence-corrected chi connectivity index (χ2v) is 9.95. The third-order valence-corrected chi connectivity index (χ3v) is 7.73. The molecule has 1 aromatic carbocycles. The van der Waals surface area contributed by atoms with Crippen LogP contribution in [0.5, 0.6) is 0 Å². The van der Waals surface area contributed by atoms with Gasteiger partial charge >= 0.3 is 0 Å². The van der Waals surface area contributed by atoms with Crippen molar-refractivity contribution in [2.75, 3.05) is 19.8 Å². The van der Waals surface area contributed by atoms with E-state index >= 15 is 0 Å². The lowest BCUT2D eigenvalue weighted by atomic mass is 10.0. The molecule has 1 aromatic rings. The van der Waals surface area contributed by atoms with Gasteiger partial charge in [-0.15, -0.1) is 0 Å². The van der Waals surface area contributed by atoms with Gasteiger partial charge in [0.2, 0.25) is 0 Å². The molecule has 0 saturated heterocycles. The van der Waals surface area contributed by atoms with Gasteiger partial charge in [-0.3, -0.25) is 0 Å². The first kappa shape index (κ1) is 22.4. The van der Waals surface area contributed by atoms with Gasteiger partial charge in [0.1, 0.15) is 0 Å². The van der Waals surface area contributed by atoms with Crippen LogP contribution in [0.1, 0.15) is 76.2 Å². The van der Waals surface area contributed by atoms with Gasteiger partial charge in [-0.25, -0.2) is 8.42 Å². The summed E-state index contributed by atoms with van der Waals surface area (Å²) in [6.45, 7) is 2.40. The molecule has 154 valence electrons. The lowest BCUT2D eigenvalue weighted by Crippen LogP contribution is -2.24. The van der Waals surface area contributed by atoms with Gasteiger partial charge in [-0.2, -0.15) is 0 Å². The third kappa shape index (κ3) is 7.92. The van der Waals surface area contributed by atoms with E-state index in [0.717, 1.165) is 83.1 Å². The zero-order valence-corrected chi connectivity index (χ0v) is 17.5. The Kier molecular flexibility index (Phi) is 10.4. The van der Waals surface area contributed by atoms with Gasteiger partial charge in [0.05, 0.1) is 10.1 Å². The van der Waals surface area contributed by atoms with Crippen molar-refractivity contribution in [1.82, 2.24) is 0 Å². The molecule has 0 atom stereocenters. The second-order valence-electron chi connectivity index (χ2n) is 7.72. The van der Waals surface area contributed by atoms with Crippen LogP contribution >= 0.6 is 0 Å². The van der Waals surface area contributed by atoms with E-state index < -0.39 is 9.84 Å². The molecule has 0 aromatic heterocycles. The van der Waals surface area contributed by atoms with Crippen molar-refractivity contribution in [2.45, 2.75) is 87.2 Å². The first-order chi connectivity index (χ1) is 13.1. The average molecular weight is 396 g/mol. The van der Waals surface area contributed by atoms with E-state index in [1.165, 1.54) is 19.3 Å². The maximum absolute atomic E-state index is 12.9. The average Bonchev–Trinajstić information content (AvgIpc) is 2.70. The fraction of sp³-hybridized carbons (Fsp3) is 0.727. The highest BCUT2D eigenvalue weighted by Gasteiger charge is 2.28. The Morgan fingerprint density at radius 3 is 2.37 bits per heavy atom. The molecule has 4 nitrogen and oxygen atoms in total. The minimum Gasteiger partial charge on any atom is -0.381 e. The number of unbranched alkanes of at least 4 members (excludes halogenated alkanes) is 4. The lowest BCUT2D eigenvalue weighted by Gasteiger charge is -2.22. The minimum absolute atomic E-state index is 0.181. The molecule has 1 fully saturated rings. The van der Waals surface area contributed by atoms with Crippen LogP contribution in [0.2, 0.25) is 0 Å². The molecule has 0 unspecified atom stereocenters. The van der Waals surface area contributed by atoms with Crippen molar-refractivity contribution in [3.05, 3.63) is 29.8 Å². The predicted molar refractivity (Wildman–Crippen MR) is 112 cm³/mol. The molecular formula is C22H37NO3S. The maximum atomic E-state index is 12.9. The first-order valence-electron chi connectivity index (χ1n) is 10.8. The summed E-state index contributed by atoms with van der Waals surface area (Å²) >= 11 is 0. The highest BCUT2D eigenvalue weighted by Crippen LogP contribution is 2.29. The van der Waals surface area contributed by atoms with Gasteiger partial charge < -0.3 is 10.5 Å². The molecule has 0 bridgehead atoms. The quantitative estimate of drug-likeness (QED) is 0.494. The number of rotatable bonds is 13. The second kappa shape index (κ2) is 12.5. The summed E-state index contributed by atoms with van der Waals surface area (Å²) in [5.41, 5.74) is 6.60. The summed E-state index contributed by atoms with van der Waals surface area (Å²) in [5, 5.41) is -0.181. The monoisotopic (exact) mass is 395 g/mol. The van der Waals surface area contributed by atoms with E-state index in [0.29, 0.717) is 4.90 Å². The SMILES string of the molecule is NCCCCCCOCCCCc1cccc(S(=O)(=O)C2CCCCC2)c1. The zero-order chi connectivity index (χ0) is 19.4. The van der Waals surface area contributed by atoms with Crippen molar-refractivity contribution < 1.29 is 13.2 Å². The highest BCUT2D eigenvalue weighted by atomic mass is 32.2. The van der Waals surface area contributed by atoms with E-state index in [1.807, 2.05) is 18.2 Å². The maximum Gasteiger partial charge on any atom is 0.181 e. The van der Waals surface area contributed by atoms with Crippen LogP contribution in [-0.4, -0.2) is 33.4 Å². The van der Waals surface area contributed by atoms with Gasteiger partial charge in [0.25, 0.3) is 0 Å². The van der Waals surface area contributed by atoms with Crippen LogP contribution in [-0.2, 0) is 21.0 Å². The van der Waals surface area contributed by atoms with E-state index in [2.05, 4.69) is 0 Å². The van der Waals surface area contributed by atoms with Crippen LogP contribution in [0.3, 0.4) is 0 Å². The molecule has 0 heterocycles. The number of ether oxygens (including phenoxy) is 1. The Morgan fingerprint density at radius 1 is 0.926 bits per heavy atom. The van der Waals surface area contributed by atoms with E-state index in [-0.39, 0.29) is 5.25 Å². The van der Waals surface area contributed by atoms with Crippen molar-refractivity contribution in [2.24, 2.45) is 5.73 Å². The largest absolute Gasteiger partial charge is 0.381 e. The summed E-state index contributed by atoms with van der Waals surface area (Å²) in [6.07, 6.45) is 12.4. The smallest absolute Gasteiger partial charge is 0.181 e. The summed E-state index contributed by atoms with van der Waals surface area (Å²) in [7, 11) is -3.17. The Bertz CT molecular complexity index is 624. The van der Waals surface area contributed by atoms with Crippen LogP contribution in [0.4, 0.5) is 0 Å². The summed E-state index contributed by atoms with van der Waals surface area (Å²) in [5.74, 6) is 0. The minimum atomic E-state index is -3.17. The number of hydrogen-bond donors (Lipinski definition) is 1. The Hall–Kier alpha value is -0.910. The van der Waals surface area contributed by atoms with Crippen LogP contribution in [0.15, 0.2) is 29.2 Å². The van der Waals surface area contributed by atoms with Gasteiger partial charge in [-0.05, 0) is 69.2 Å². The molecular weight excluding hydrogens is 358 g/mol. The van der Waals surface area contributed by atoms with Crippen molar-refractivity contribution in [3.8, 4) is 0 Å². The van der Waals surface area contributed by atoms with Crippen LogP contribution in [0.25, 0.3) is 0 Å². The Morgan fingerprint density at radius 2 is 1.63 bits per heavy atom. The molecule has 27 heavy (non-hydrogen) atoms. The first-order valence-corrected chi connectivity index (χ1v) is 12.3. The fourth-order valence-electron chi connectivity index (χ4n) is 3.78. The molecule has 0 spiro atoms.